The normalized spacial score (nSPS) is 11.5. The van der Waals surface area contributed by atoms with Crippen molar-refractivity contribution in [2.75, 3.05) is 12.4 Å². The second-order valence-electron chi connectivity index (χ2n) is 6.24. The minimum absolute atomic E-state index is 0.0720. The zero-order valence-electron chi connectivity index (χ0n) is 16.5. The number of carbonyl (C=O) groups excluding carboxylic acids is 1. The van der Waals surface area contributed by atoms with Gasteiger partial charge >= 0.3 is 0 Å². The van der Waals surface area contributed by atoms with E-state index in [4.69, 9.17) is 4.74 Å². The first-order valence-electron chi connectivity index (χ1n) is 9.03. The van der Waals surface area contributed by atoms with E-state index < -0.39 is 10.0 Å². The van der Waals surface area contributed by atoms with Gasteiger partial charge < -0.3 is 10.1 Å². The zero-order chi connectivity index (χ0) is 21.6. The van der Waals surface area contributed by atoms with Gasteiger partial charge in [0.1, 0.15) is 12.4 Å². The van der Waals surface area contributed by atoms with Gasteiger partial charge in [-0.25, -0.2) is 18.1 Å². The second kappa shape index (κ2) is 9.66. The molecule has 0 fully saturated rings. The number of anilines is 1. The highest BCUT2D eigenvalue weighted by molar-refractivity contribution is 7.89. The summed E-state index contributed by atoms with van der Waals surface area (Å²) in [5, 5.41) is 5.59. The Hall–Kier alpha value is -3.01. The molecule has 9 heteroatoms. The van der Waals surface area contributed by atoms with Crippen molar-refractivity contribution in [2.45, 2.75) is 18.4 Å². The number of nitrogens with one attached hydrogen (secondary N) is 2. The van der Waals surface area contributed by atoms with Crippen LogP contribution in [-0.2, 0) is 21.4 Å². The van der Waals surface area contributed by atoms with E-state index in [1.807, 2.05) is 36.6 Å². The summed E-state index contributed by atoms with van der Waals surface area (Å²) in [5.41, 5.74) is 1.97. The summed E-state index contributed by atoms with van der Waals surface area (Å²) in [7, 11) is -2.25. The first kappa shape index (κ1) is 21.7. The number of nitrogens with zero attached hydrogens (tertiary/aromatic N) is 1. The van der Waals surface area contributed by atoms with E-state index in [-0.39, 0.29) is 10.8 Å². The van der Waals surface area contributed by atoms with Gasteiger partial charge in [-0.3, -0.25) is 4.79 Å². The van der Waals surface area contributed by atoms with Crippen LogP contribution in [0.4, 0.5) is 5.69 Å². The van der Waals surface area contributed by atoms with Crippen LogP contribution in [0.5, 0.6) is 5.75 Å². The predicted molar refractivity (Wildman–Crippen MR) is 118 cm³/mol. The molecule has 0 saturated carbocycles. The Morgan fingerprint density at radius 3 is 2.73 bits per heavy atom. The van der Waals surface area contributed by atoms with Gasteiger partial charge in [-0.15, -0.1) is 11.3 Å². The number of rotatable bonds is 8. The van der Waals surface area contributed by atoms with Crippen molar-refractivity contribution in [1.82, 2.24) is 9.71 Å². The lowest BCUT2D eigenvalue weighted by atomic mass is 10.2. The molecule has 1 aromatic heterocycles. The van der Waals surface area contributed by atoms with Crippen molar-refractivity contribution in [3.8, 4) is 5.75 Å². The molecule has 0 saturated heterocycles. The first-order chi connectivity index (χ1) is 14.4. The molecule has 0 atom stereocenters. The SMILES string of the molecule is CNS(=O)(=O)c1cccc(NC(=O)C=Cc2ccccc2OCc2csc(C)n2)c1. The topological polar surface area (TPSA) is 97.4 Å². The third-order valence-corrected chi connectivity index (χ3v) is 6.29. The van der Waals surface area contributed by atoms with Crippen LogP contribution in [0.25, 0.3) is 6.08 Å². The van der Waals surface area contributed by atoms with Crippen LogP contribution in [0.1, 0.15) is 16.3 Å². The van der Waals surface area contributed by atoms with E-state index in [1.165, 1.54) is 25.3 Å². The molecule has 7 nitrogen and oxygen atoms in total. The number of ether oxygens (including phenoxy) is 1. The molecule has 2 N–H and O–H groups in total. The first-order valence-corrected chi connectivity index (χ1v) is 11.4. The molecule has 0 bridgehead atoms. The van der Waals surface area contributed by atoms with E-state index in [2.05, 4.69) is 15.0 Å². The van der Waals surface area contributed by atoms with Gasteiger partial charge in [-0.1, -0.05) is 24.3 Å². The Morgan fingerprint density at radius 1 is 1.20 bits per heavy atom. The van der Waals surface area contributed by atoms with Gasteiger partial charge in [0.05, 0.1) is 15.6 Å². The fourth-order valence-electron chi connectivity index (χ4n) is 2.58. The second-order valence-corrected chi connectivity index (χ2v) is 9.19. The number of sulfonamides is 1. The number of hydrogen-bond donors (Lipinski definition) is 2. The Kier molecular flexibility index (Phi) is 6.99. The molecule has 1 heterocycles. The lowest BCUT2D eigenvalue weighted by Crippen LogP contribution is -2.18. The highest BCUT2D eigenvalue weighted by Crippen LogP contribution is 2.21. The molecule has 30 heavy (non-hydrogen) atoms. The molecule has 0 aliphatic rings. The molecular weight excluding hydrogens is 422 g/mol. The van der Waals surface area contributed by atoms with Gasteiger partial charge in [0.2, 0.25) is 15.9 Å². The van der Waals surface area contributed by atoms with E-state index in [0.717, 1.165) is 16.3 Å². The Morgan fingerprint density at radius 2 is 2.00 bits per heavy atom. The maximum absolute atomic E-state index is 12.3. The zero-order valence-corrected chi connectivity index (χ0v) is 18.1. The van der Waals surface area contributed by atoms with Crippen molar-refractivity contribution in [3.63, 3.8) is 0 Å². The molecule has 3 rings (SSSR count). The number of carbonyl (C=O) groups is 1. The standard InChI is InChI=1S/C21H21N3O4S2/c1-15-23-18(14-29-15)13-28-20-9-4-3-6-16(20)10-11-21(25)24-17-7-5-8-19(12-17)30(26,27)22-2/h3-12,14,22H,13H2,1-2H3,(H,24,25). The minimum atomic E-state index is -3.59. The molecular formula is C21H21N3O4S2. The lowest BCUT2D eigenvalue weighted by Gasteiger charge is -2.08. The van der Waals surface area contributed by atoms with Crippen LogP contribution in [-0.4, -0.2) is 26.4 Å². The smallest absolute Gasteiger partial charge is 0.248 e. The van der Waals surface area contributed by atoms with E-state index >= 15 is 0 Å². The fourth-order valence-corrected chi connectivity index (χ4v) is 3.96. The molecule has 0 unspecified atom stereocenters. The summed E-state index contributed by atoms with van der Waals surface area (Å²) < 4.78 is 31.9. The molecule has 1 amide bonds. The van der Waals surface area contributed by atoms with Crippen LogP contribution in [0.2, 0.25) is 0 Å². The molecule has 156 valence electrons. The third-order valence-electron chi connectivity index (χ3n) is 4.06. The monoisotopic (exact) mass is 443 g/mol. The quantitative estimate of drug-likeness (QED) is 0.519. The number of para-hydroxylation sites is 1. The molecule has 0 aliphatic heterocycles. The van der Waals surface area contributed by atoms with E-state index in [1.54, 1.807) is 29.5 Å². The van der Waals surface area contributed by atoms with Gasteiger partial charge in [0.25, 0.3) is 0 Å². The molecule has 3 aromatic rings. The predicted octanol–water partition coefficient (Wildman–Crippen LogP) is 3.59. The highest BCUT2D eigenvalue weighted by Gasteiger charge is 2.12. The van der Waals surface area contributed by atoms with Crippen LogP contribution >= 0.6 is 11.3 Å². The molecule has 2 aromatic carbocycles. The van der Waals surface area contributed by atoms with Crippen molar-refractivity contribution >= 4 is 39.0 Å². The van der Waals surface area contributed by atoms with Crippen LogP contribution in [0, 0.1) is 6.92 Å². The fraction of sp³-hybridized carbons (Fsp3) is 0.143. The summed E-state index contributed by atoms with van der Waals surface area (Å²) in [5.74, 6) is 0.244. The summed E-state index contributed by atoms with van der Waals surface area (Å²) in [6, 6.07) is 13.4. The third kappa shape index (κ3) is 5.76. The average Bonchev–Trinajstić information content (AvgIpc) is 3.16. The van der Waals surface area contributed by atoms with Crippen LogP contribution in [0.15, 0.2) is 64.9 Å². The average molecular weight is 444 g/mol. The van der Waals surface area contributed by atoms with Crippen molar-refractivity contribution in [2.24, 2.45) is 0 Å². The summed E-state index contributed by atoms with van der Waals surface area (Å²) in [6.07, 6.45) is 3.01. The number of aryl methyl sites for hydroxylation is 1. The van der Waals surface area contributed by atoms with E-state index in [0.29, 0.717) is 18.0 Å². The largest absolute Gasteiger partial charge is 0.487 e. The van der Waals surface area contributed by atoms with Crippen LogP contribution in [0.3, 0.4) is 0 Å². The van der Waals surface area contributed by atoms with Gasteiger partial charge in [0.15, 0.2) is 0 Å². The molecule has 0 radical (unpaired) electrons. The highest BCUT2D eigenvalue weighted by atomic mass is 32.2. The van der Waals surface area contributed by atoms with Crippen LogP contribution < -0.4 is 14.8 Å². The minimum Gasteiger partial charge on any atom is -0.487 e. The molecule has 0 spiro atoms. The Balaban J connectivity index is 1.67. The van der Waals surface area contributed by atoms with Crippen molar-refractivity contribution in [1.29, 1.82) is 0 Å². The summed E-state index contributed by atoms with van der Waals surface area (Å²) >= 11 is 1.56. The van der Waals surface area contributed by atoms with Crippen molar-refractivity contribution < 1.29 is 17.9 Å². The number of aromatic nitrogens is 1. The summed E-state index contributed by atoms with van der Waals surface area (Å²) in [4.78, 5) is 16.7. The van der Waals surface area contributed by atoms with Gasteiger partial charge in [0, 0.05) is 22.7 Å². The van der Waals surface area contributed by atoms with Crippen molar-refractivity contribution in [3.05, 3.63) is 76.3 Å². The summed E-state index contributed by atoms with van der Waals surface area (Å²) in [6.45, 7) is 2.28. The van der Waals surface area contributed by atoms with Gasteiger partial charge in [-0.2, -0.15) is 0 Å². The Labute approximate surface area is 179 Å². The number of thiazole rings is 1. The Bertz CT molecular complexity index is 1170. The maximum atomic E-state index is 12.3. The molecule has 0 aliphatic carbocycles. The maximum Gasteiger partial charge on any atom is 0.248 e. The lowest BCUT2D eigenvalue weighted by molar-refractivity contribution is -0.111. The number of benzene rings is 2. The van der Waals surface area contributed by atoms with E-state index in [9.17, 15) is 13.2 Å². The van der Waals surface area contributed by atoms with Gasteiger partial charge in [-0.05, 0) is 44.3 Å². The number of hydrogen-bond acceptors (Lipinski definition) is 6. The number of amides is 1.